The number of hydrogen-bond acceptors (Lipinski definition) is 7. The Morgan fingerprint density at radius 2 is 2.05 bits per heavy atom. The Balaban J connectivity index is 2.98. The van der Waals surface area contributed by atoms with E-state index in [1.54, 1.807) is 13.8 Å². The summed E-state index contributed by atoms with van der Waals surface area (Å²) in [6, 6.07) is 0. The van der Waals surface area contributed by atoms with Crippen LogP contribution in [0, 0.1) is 0 Å². The molecule has 2 atom stereocenters. The van der Waals surface area contributed by atoms with Gasteiger partial charge in [-0.2, -0.15) is 4.98 Å². The van der Waals surface area contributed by atoms with Gasteiger partial charge in [-0.05, 0) is 20.3 Å². The summed E-state index contributed by atoms with van der Waals surface area (Å²) in [4.78, 5) is 15.7. The average Bonchev–Trinajstić information content (AvgIpc) is 2.77. The number of ether oxygens (including phenoxy) is 1. The van der Waals surface area contributed by atoms with E-state index in [1.807, 2.05) is 0 Å². The van der Waals surface area contributed by atoms with Gasteiger partial charge in [0.15, 0.2) is 15.7 Å². The van der Waals surface area contributed by atoms with Crippen molar-refractivity contribution in [1.29, 1.82) is 0 Å². The number of carbonyl (C=O) groups excluding carboxylic acids is 1. The van der Waals surface area contributed by atoms with Crippen molar-refractivity contribution < 1.29 is 22.5 Å². The van der Waals surface area contributed by atoms with Gasteiger partial charge in [-0.25, -0.2) is 8.42 Å². The zero-order chi connectivity index (χ0) is 14.6. The lowest BCUT2D eigenvalue weighted by molar-refractivity contribution is -0.145. The highest BCUT2D eigenvalue weighted by Crippen LogP contribution is 2.23. The van der Waals surface area contributed by atoms with E-state index in [4.69, 9.17) is 9.26 Å². The van der Waals surface area contributed by atoms with Crippen molar-refractivity contribution in [2.45, 2.75) is 38.4 Å². The highest BCUT2D eigenvalue weighted by molar-refractivity contribution is 7.90. The third kappa shape index (κ3) is 3.76. The molecule has 0 amide bonds. The minimum Gasteiger partial charge on any atom is -0.465 e. The summed E-state index contributed by atoms with van der Waals surface area (Å²) < 4.78 is 32.7. The van der Waals surface area contributed by atoms with Crippen LogP contribution in [0.4, 0.5) is 0 Å². The number of rotatable bonds is 6. The molecule has 0 saturated heterocycles. The van der Waals surface area contributed by atoms with Crippen molar-refractivity contribution in [3.63, 3.8) is 0 Å². The minimum atomic E-state index is -3.31. The number of sulfone groups is 1. The molecule has 1 aromatic rings. The van der Waals surface area contributed by atoms with Crippen LogP contribution in [0.1, 0.15) is 50.1 Å². The lowest BCUT2D eigenvalue weighted by Crippen LogP contribution is -2.16. The lowest BCUT2D eigenvalue weighted by Gasteiger charge is -2.08. The highest BCUT2D eigenvalue weighted by Gasteiger charge is 2.29. The summed E-state index contributed by atoms with van der Waals surface area (Å²) in [5.74, 6) is -0.966. The molecule has 0 aliphatic carbocycles. The molecule has 108 valence electrons. The molecule has 1 aromatic heterocycles. The van der Waals surface area contributed by atoms with Gasteiger partial charge >= 0.3 is 5.97 Å². The quantitative estimate of drug-likeness (QED) is 0.726. The molecular weight excluding hydrogens is 272 g/mol. The Morgan fingerprint density at radius 1 is 1.42 bits per heavy atom. The van der Waals surface area contributed by atoms with Crippen molar-refractivity contribution in [2.75, 3.05) is 12.9 Å². The molecule has 1 rings (SSSR count). The average molecular weight is 290 g/mol. The van der Waals surface area contributed by atoms with Gasteiger partial charge in [-0.15, -0.1) is 0 Å². The Morgan fingerprint density at radius 3 is 2.53 bits per heavy atom. The first-order valence-electron chi connectivity index (χ1n) is 6.00. The van der Waals surface area contributed by atoms with Gasteiger partial charge in [0.05, 0.1) is 6.61 Å². The van der Waals surface area contributed by atoms with Gasteiger partial charge in [0.2, 0.25) is 5.89 Å². The van der Waals surface area contributed by atoms with Crippen LogP contribution in [0.3, 0.4) is 0 Å². The lowest BCUT2D eigenvalue weighted by atomic mass is 10.1. The molecule has 0 aromatic carbocycles. The first-order chi connectivity index (χ1) is 8.81. The summed E-state index contributed by atoms with van der Waals surface area (Å²) in [6.07, 6.45) is 1.53. The summed E-state index contributed by atoms with van der Waals surface area (Å²) >= 11 is 0. The molecule has 0 radical (unpaired) electrons. The van der Waals surface area contributed by atoms with Gasteiger partial charge in [0.25, 0.3) is 0 Å². The molecule has 1 heterocycles. The van der Waals surface area contributed by atoms with E-state index >= 15 is 0 Å². The molecule has 19 heavy (non-hydrogen) atoms. The normalized spacial score (nSPS) is 14.9. The van der Waals surface area contributed by atoms with Crippen molar-refractivity contribution >= 4 is 15.8 Å². The van der Waals surface area contributed by atoms with Gasteiger partial charge in [-0.1, -0.05) is 12.1 Å². The first kappa shape index (κ1) is 15.6. The van der Waals surface area contributed by atoms with Crippen LogP contribution in [0.5, 0.6) is 0 Å². The molecule has 0 spiro atoms. The Kier molecular flexibility index (Phi) is 5.04. The van der Waals surface area contributed by atoms with Gasteiger partial charge in [0, 0.05) is 6.26 Å². The van der Waals surface area contributed by atoms with Crippen LogP contribution in [-0.2, 0) is 19.4 Å². The van der Waals surface area contributed by atoms with Crippen LogP contribution in [0.25, 0.3) is 0 Å². The standard InChI is InChI=1S/C11H18N2O5S/c1-5-8(11(14)17-6-2)10-12-9(13-18-10)7(3)19(4,15)16/h7-8H,5-6H2,1-4H3. The highest BCUT2D eigenvalue weighted by atomic mass is 32.2. The van der Waals surface area contributed by atoms with Crippen molar-refractivity contribution in [1.82, 2.24) is 10.1 Å². The van der Waals surface area contributed by atoms with Gasteiger partial charge in [-0.3, -0.25) is 4.79 Å². The largest absolute Gasteiger partial charge is 0.465 e. The smallest absolute Gasteiger partial charge is 0.318 e. The van der Waals surface area contributed by atoms with E-state index in [2.05, 4.69) is 10.1 Å². The van der Waals surface area contributed by atoms with Crippen molar-refractivity contribution in [2.24, 2.45) is 0 Å². The number of hydrogen-bond donors (Lipinski definition) is 0. The maximum absolute atomic E-state index is 11.7. The second-order valence-corrected chi connectivity index (χ2v) is 6.54. The molecule has 7 nitrogen and oxygen atoms in total. The van der Waals surface area contributed by atoms with E-state index in [1.165, 1.54) is 6.92 Å². The molecule has 8 heteroatoms. The Hall–Kier alpha value is -1.44. The maximum Gasteiger partial charge on any atom is 0.318 e. The minimum absolute atomic E-state index is 0.0558. The summed E-state index contributed by atoms with van der Waals surface area (Å²) in [7, 11) is -3.31. The fraction of sp³-hybridized carbons (Fsp3) is 0.727. The number of esters is 1. The molecule has 0 aliphatic rings. The number of nitrogens with zero attached hydrogens (tertiary/aromatic N) is 2. The first-order valence-corrected chi connectivity index (χ1v) is 7.95. The predicted molar refractivity (Wildman–Crippen MR) is 67.2 cm³/mol. The topological polar surface area (TPSA) is 99.4 Å². The third-order valence-corrected chi connectivity index (χ3v) is 4.24. The molecule has 2 unspecified atom stereocenters. The van der Waals surface area contributed by atoms with Crippen LogP contribution in [-0.4, -0.2) is 37.4 Å². The van der Waals surface area contributed by atoms with Crippen molar-refractivity contribution in [3.05, 3.63) is 11.7 Å². The second-order valence-electron chi connectivity index (χ2n) is 4.18. The van der Waals surface area contributed by atoms with Crippen LogP contribution in [0.2, 0.25) is 0 Å². The molecule has 0 N–H and O–H groups in total. The maximum atomic E-state index is 11.7. The molecule has 0 fully saturated rings. The van der Waals surface area contributed by atoms with Gasteiger partial charge in [0.1, 0.15) is 11.2 Å². The fourth-order valence-corrected chi connectivity index (χ4v) is 1.91. The zero-order valence-electron chi connectivity index (χ0n) is 11.4. The number of carbonyl (C=O) groups is 1. The number of aromatic nitrogens is 2. The molecular formula is C11H18N2O5S. The molecule has 0 saturated carbocycles. The summed E-state index contributed by atoms with van der Waals surface area (Å²) in [6.45, 7) is 5.21. The van der Waals surface area contributed by atoms with Gasteiger partial charge < -0.3 is 9.26 Å². The third-order valence-electron chi connectivity index (χ3n) is 2.74. The van der Waals surface area contributed by atoms with E-state index in [0.29, 0.717) is 6.42 Å². The van der Waals surface area contributed by atoms with Crippen LogP contribution >= 0.6 is 0 Å². The van der Waals surface area contributed by atoms with Crippen LogP contribution in [0.15, 0.2) is 4.52 Å². The summed E-state index contributed by atoms with van der Waals surface area (Å²) in [5, 5.41) is 2.75. The zero-order valence-corrected chi connectivity index (χ0v) is 12.2. The van der Waals surface area contributed by atoms with Crippen molar-refractivity contribution in [3.8, 4) is 0 Å². The fourth-order valence-electron chi connectivity index (χ4n) is 1.43. The summed E-state index contributed by atoms with van der Waals surface area (Å²) in [5.41, 5.74) is 0. The van der Waals surface area contributed by atoms with E-state index < -0.39 is 27.0 Å². The Bertz CT molecular complexity index is 537. The van der Waals surface area contributed by atoms with E-state index in [-0.39, 0.29) is 18.3 Å². The predicted octanol–water partition coefficient (Wildman–Crippen LogP) is 1.23. The van der Waals surface area contributed by atoms with E-state index in [0.717, 1.165) is 6.26 Å². The van der Waals surface area contributed by atoms with Crippen LogP contribution < -0.4 is 0 Å². The monoisotopic (exact) mass is 290 g/mol. The Labute approximate surface area is 112 Å². The SMILES string of the molecule is CCOC(=O)C(CC)c1nc(C(C)S(C)(=O)=O)no1. The second kappa shape index (κ2) is 6.14. The molecule has 0 aliphatic heterocycles. The molecule has 0 bridgehead atoms. The van der Waals surface area contributed by atoms with E-state index in [9.17, 15) is 13.2 Å².